The van der Waals surface area contributed by atoms with E-state index in [1.807, 2.05) is 13.0 Å². The number of hydrogen-bond acceptors (Lipinski definition) is 4. The van der Waals surface area contributed by atoms with E-state index in [4.69, 9.17) is 10.5 Å². The molecule has 1 aromatic carbocycles. The second kappa shape index (κ2) is 6.22. The zero-order valence-corrected chi connectivity index (χ0v) is 10.1. The van der Waals surface area contributed by atoms with Crippen molar-refractivity contribution < 1.29 is 14.6 Å². The van der Waals surface area contributed by atoms with Crippen molar-refractivity contribution in [3.8, 4) is 0 Å². The van der Waals surface area contributed by atoms with Crippen LogP contribution in [0.15, 0.2) is 18.2 Å². The number of rotatable bonds is 5. The SMILES string of the molecule is COCC(O)CNC(=O)c1cccc(C)c1N. The zero-order chi connectivity index (χ0) is 12.8. The molecular formula is C12H18N2O3. The first kappa shape index (κ1) is 13.5. The van der Waals surface area contributed by atoms with Gasteiger partial charge in [0.15, 0.2) is 0 Å². The minimum atomic E-state index is -0.713. The molecule has 0 radical (unpaired) electrons. The van der Waals surface area contributed by atoms with Gasteiger partial charge in [-0.05, 0) is 18.6 Å². The third kappa shape index (κ3) is 3.72. The molecule has 0 saturated heterocycles. The van der Waals surface area contributed by atoms with Gasteiger partial charge in [-0.25, -0.2) is 0 Å². The maximum atomic E-state index is 11.8. The van der Waals surface area contributed by atoms with Crippen LogP contribution in [0.3, 0.4) is 0 Å². The average molecular weight is 238 g/mol. The van der Waals surface area contributed by atoms with Crippen LogP contribution in [0.1, 0.15) is 15.9 Å². The summed E-state index contributed by atoms with van der Waals surface area (Å²) in [5, 5.41) is 12.0. The van der Waals surface area contributed by atoms with E-state index >= 15 is 0 Å². The van der Waals surface area contributed by atoms with Gasteiger partial charge in [-0.15, -0.1) is 0 Å². The van der Waals surface area contributed by atoms with Crippen LogP contribution in [-0.2, 0) is 4.74 Å². The summed E-state index contributed by atoms with van der Waals surface area (Å²) in [4.78, 5) is 11.8. The third-order valence-electron chi connectivity index (χ3n) is 2.43. The topological polar surface area (TPSA) is 84.6 Å². The Bertz CT molecular complexity index is 393. The van der Waals surface area contributed by atoms with E-state index in [1.54, 1.807) is 12.1 Å². The molecule has 4 N–H and O–H groups in total. The van der Waals surface area contributed by atoms with Crippen LogP contribution in [0.25, 0.3) is 0 Å². The number of nitrogens with two attached hydrogens (primary N) is 1. The number of hydrogen-bond donors (Lipinski definition) is 3. The van der Waals surface area contributed by atoms with Gasteiger partial charge in [-0.2, -0.15) is 0 Å². The second-order valence-corrected chi connectivity index (χ2v) is 3.86. The minimum absolute atomic E-state index is 0.139. The molecule has 1 amide bonds. The highest BCUT2D eigenvalue weighted by Crippen LogP contribution is 2.15. The minimum Gasteiger partial charge on any atom is -0.398 e. The van der Waals surface area contributed by atoms with Crippen molar-refractivity contribution in [1.82, 2.24) is 5.32 Å². The number of carbonyl (C=O) groups excluding carboxylic acids is 1. The van der Waals surface area contributed by atoms with Crippen LogP contribution < -0.4 is 11.1 Å². The number of amides is 1. The van der Waals surface area contributed by atoms with E-state index < -0.39 is 6.10 Å². The summed E-state index contributed by atoms with van der Waals surface area (Å²) in [5.41, 5.74) is 7.55. The average Bonchev–Trinajstić information content (AvgIpc) is 2.30. The highest BCUT2D eigenvalue weighted by atomic mass is 16.5. The number of benzene rings is 1. The molecule has 5 nitrogen and oxygen atoms in total. The predicted molar refractivity (Wildman–Crippen MR) is 65.8 cm³/mol. The molecule has 17 heavy (non-hydrogen) atoms. The van der Waals surface area contributed by atoms with Gasteiger partial charge < -0.3 is 20.9 Å². The molecule has 0 aromatic heterocycles. The van der Waals surface area contributed by atoms with E-state index in [1.165, 1.54) is 7.11 Å². The van der Waals surface area contributed by atoms with Gasteiger partial charge in [0, 0.05) is 19.3 Å². The van der Waals surface area contributed by atoms with Crippen molar-refractivity contribution in [2.45, 2.75) is 13.0 Å². The normalized spacial score (nSPS) is 12.2. The lowest BCUT2D eigenvalue weighted by molar-refractivity contribution is 0.0610. The lowest BCUT2D eigenvalue weighted by Gasteiger charge is -2.12. The Labute approximate surface area is 101 Å². The van der Waals surface area contributed by atoms with Crippen LogP contribution >= 0.6 is 0 Å². The van der Waals surface area contributed by atoms with Crippen molar-refractivity contribution in [2.24, 2.45) is 0 Å². The smallest absolute Gasteiger partial charge is 0.253 e. The standard InChI is InChI=1S/C12H18N2O3/c1-8-4-3-5-10(11(8)13)12(16)14-6-9(15)7-17-2/h3-5,9,15H,6-7,13H2,1-2H3,(H,14,16). The largest absolute Gasteiger partial charge is 0.398 e. The number of anilines is 1. The predicted octanol–water partition coefficient (Wildman–Crippen LogP) is 0.314. The van der Waals surface area contributed by atoms with Gasteiger partial charge in [0.2, 0.25) is 0 Å². The maximum Gasteiger partial charge on any atom is 0.253 e. The molecule has 0 aliphatic rings. The number of aryl methyl sites for hydroxylation is 1. The molecule has 1 unspecified atom stereocenters. The van der Waals surface area contributed by atoms with Crippen LogP contribution in [0, 0.1) is 6.92 Å². The maximum absolute atomic E-state index is 11.8. The first-order chi connectivity index (χ1) is 8.06. The summed E-state index contributed by atoms with van der Waals surface area (Å²) >= 11 is 0. The van der Waals surface area contributed by atoms with Crippen LogP contribution in [0.2, 0.25) is 0 Å². The van der Waals surface area contributed by atoms with E-state index in [2.05, 4.69) is 5.32 Å². The number of nitrogen functional groups attached to an aromatic ring is 1. The van der Waals surface area contributed by atoms with Crippen LogP contribution in [0.4, 0.5) is 5.69 Å². The molecule has 1 atom stereocenters. The molecule has 1 rings (SSSR count). The highest BCUT2D eigenvalue weighted by molar-refractivity contribution is 5.99. The molecule has 94 valence electrons. The lowest BCUT2D eigenvalue weighted by Crippen LogP contribution is -2.34. The summed E-state index contributed by atoms with van der Waals surface area (Å²) in [6.45, 7) is 2.16. The van der Waals surface area contributed by atoms with E-state index in [0.29, 0.717) is 11.3 Å². The zero-order valence-electron chi connectivity index (χ0n) is 10.1. The van der Waals surface area contributed by atoms with Crippen LogP contribution in [0.5, 0.6) is 0 Å². The van der Waals surface area contributed by atoms with E-state index in [0.717, 1.165) is 5.56 Å². The number of nitrogens with one attached hydrogen (secondary N) is 1. The van der Waals surface area contributed by atoms with Gasteiger partial charge in [-0.3, -0.25) is 4.79 Å². The molecule has 0 saturated carbocycles. The molecule has 0 fully saturated rings. The second-order valence-electron chi connectivity index (χ2n) is 3.86. The quantitative estimate of drug-likeness (QED) is 0.645. The highest BCUT2D eigenvalue weighted by Gasteiger charge is 2.12. The summed E-state index contributed by atoms with van der Waals surface area (Å²) in [5.74, 6) is -0.290. The Balaban J connectivity index is 2.61. The van der Waals surface area contributed by atoms with Crippen molar-refractivity contribution in [3.05, 3.63) is 29.3 Å². The van der Waals surface area contributed by atoms with Gasteiger partial charge >= 0.3 is 0 Å². The molecule has 0 heterocycles. The van der Waals surface area contributed by atoms with E-state index in [-0.39, 0.29) is 19.1 Å². The van der Waals surface area contributed by atoms with Crippen LogP contribution in [-0.4, -0.2) is 37.4 Å². The van der Waals surface area contributed by atoms with E-state index in [9.17, 15) is 9.90 Å². The molecular weight excluding hydrogens is 220 g/mol. The fraction of sp³-hybridized carbons (Fsp3) is 0.417. The molecule has 0 aliphatic carbocycles. The molecule has 0 aliphatic heterocycles. The first-order valence-electron chi connectivity index (χ1n) is 5.36. The third-order valence-corrected chi connectivity index (χ3v) is 2.43. The Morgan fingerprint density at radius 2 is 2.29 bits per heavy atom. The van der Waals surface area contributed by atoms with Crippen molar-refractivity contribution in [1.29, 1.82) is 0 Å². The van der Waals surface area contributed by atoms with Gasteiger partial charge in [0.1, 0.15) is 0 Å². The van der Waals surface area contributed by atoms with Gasteiger partial charge in [0.25, 0.3) is 5.91 Å². The first-order valence-corrected chi connectivity index (χ1v) is 5.36. The fourth-order valence-electron chi connectivity index (χ4n) is 1.44. The van der Waals surface area contributed by atoms with Gasteiger partial charge in [0.05, 0.1) is 18.3 Å². The monoisotopic (exact) mass is 238 g/mol. The van der Waals surface area contributed by atoms with Gasteiger partial charge in [-0.1, -0.05) is 12.1 Å². The summed E-state index contributed by atoms with van der Waals surface area (Å²) in [6.07, 6.45) is -0.713. The molecule has 0 bridgehead atoms. The van der Waals surface area contributed by atoms with Crippen molar-refractivity contribution >= 4 is 11.6 Å². The van der Waals surface area contributed by atoms with Crippen molar-refractivity contribution in [2.75, 3.05) is 26.0 Å². The summed E-state index contributed by atoms with van der Waals surface area (Å²) in [7, 11) is 1.49. The molecule has 5 heteroatoms. The van der Waals surface area contributed by atoms with Crippen molar-refractivity contribution in [3.63, 3.8) is 0 Å². The number of aliphatic hydroxyl groups is 1. The fourth-order valence-corrected chi connectivity index (χ4v) is 1.44. The Hall–Kier alpha value is -1.59. The number of carbonyl (C=O) groups is 1. The number of methoxy groups -OCH3 is 1. The molecule has 0 spiro atoms. The Morgan fingerprint density at radius 3 is 2.94 bits per heavy atom. The summed E-state index contributed by atoms with van der Waals surface area (Å²) in [6, 6.07) is 5.26. The number of aliphatic hydroxyl groups excluding tert-OH is 1. The number of para-hydroxylation sites is 1. The Morgan fingerprint density at radius 1 is 1.59 bits per heavy atom. The Kier molecular flexibility index (Phi) is 4.93. The number of ether oxygens (including phenoxy) is 1. The molecule has 1 aromatic rings. The lowest BCUT2D eigenvalue weighted by atomic mass is 10.1. The summed E-state index contributed by atoms with van der Waals surface area (Å²) < 4.78 is 4.76.